The van der Waals surface area contributed by atoms with Crippen LogP contribution < -0.4 is 9.62 Å². The van der Waals surface area contributed by atoms with Crippen LogP contribution in [-0.2, 0) is 24.3 Å². The van der Waals surface area contributed by atoms with Crippen LogP contribution in [0.15, 0.2) is 71.1 Å². The number of carbonyl (C=O) groups is 2. The van der Waals surface area contributed by atoms with Crippen molar-refractivity contribution in [1.82, 2.24) is 0 Å². The summed E-state index contributed by atoms with van der Waals surface area (Å²) in [5, 5.41) is 2.52. The molecule has 0 radical (unpaired) electrons. The van der Waals surface area contributed by atoms with Gasteiger partial charge in [-0.25, -0.2) is 13.2 Å². The van der Waals surface area contributed by atoms with Crippen LogP contribution in [0.4, 0.5) is 11.4 Å². The Morgan fingerprint density at radius 2 is 1.75 bits per heavy atom. The van der Waals surface area contributed by atoms with Gasteiger partial charge in [-0.1, -0.05) is 29.8 Å². The highest BCUT2D eigenvalue weighted by Crippen LogP contribution is 2.23. The quantitative estimate of drug-likeness (QED) is 0.568. The molecule has 0 atom stereocenters. The lowest BCUT2D eigenvalue weighted by Gasteiger charge is -2.19. The number of anilines is 2. The molecule has 2 rings (SSSR count). The summed E-state index contributed by atoms with van der Waals surface area (Å²) in [6.07, 6.45) is 1.28. The highest BCUT2D eigenvalue weighted by molar-refractivity contribution is 7.92. The van der Waals surface area contributed by atoms with Gasteiger partial charge in [0.1, 0.15) is 0 Å². The maximum Gasteiger partial charge on any atom is 0.331 e. The van der Waals surface area contributed by atoms with Gasteiger partial charge < -0.3 is 10.1 Å². The third-order valence-electron chi connectivity index (χ3n) is 3.65. The highest BCUT2D eigenvalue weighted by atomic mass is 32.2. The maximum atomic E-state index is 12.8. The number of rotatable bonds is 7. The molecular weight excluding hydrogens is 380 g/mol. The Bertz CT molecular complexity index is 981. The van der Waals surface area contributed by atoms with Gasteiger partial charge in [0.2, 0.25) is 0 Å². The molecule has 0 aliphatic rings. The number of nitrogens with zero attached hydrogens (tertiary/aromatic N) is 1. The molecule has 0 heterocycles. The van der Waals surface area contributed by atoms with E-state index in [4.69, 9.17) is 4.74 Å². The van der Waals surface area contributed by atoms with Crippen molar-refractivity contribution in [3.8, 4) is 0 Å². The van der Waals surface area contributed by atoms with Gasteiger partial charge in [0, 0.05) is 18.8 Å². The minimum atomic E-state index is -3.80. The van der Waals surface area contributed by atoms with Crippen LogP contribution in [0.5, 0.6) is 0 Å². The molecule has 1 amide bonds. The largest absolute Gasteiger partial charge is 0.452 e. The molecule has 7 nitrogen and oxygen atoms in total. The van der Waals surface area contributed by atoms with Crippen molar-refractivity contribution in [3.05, 3.63) is 66.2 Å². The second-order valence-electron chi connectivity index (χ2n) is 6.21. The zero-order valence-electron chi connectivity index (χ0n) is 15.9. The van der Waals surface area contributed by atoms with Crippen molar-refractivity contribution < 1.29 is 22.7 Å². The van der Waals surface area contributed by atoms with Gasteiger partial charge in [0.15, 0.2) is 6.61 Å². The molecule has 0 saturated heterocycles. The summed E-state index contributed by atoms with van der Waals surface area (Å²) < 4.78 is 31.6. The van der Waals surface area contributed by atoms with E-state index in [1.807, 2.05) is 0 Å². The first kappa shape index (κ1) is 21.2. The number of ether oxygens (including phenoxy) is 1. The first-order chi connectivity index (χ1) is 13.2. The fourth-order valence-corrected chi connectivity index (χ4v) is 3.52. The number of esters is 1. The second-order valence-corrected chi connectivity index (χ2v) is 8.18. The van der Waals surface area contributed by atoms with Crippen LogP contribution in [0.2, 0.25) is 0 Å². The van der Waals surface area contributed by atoms with E-state index in [0.717, 1.165) is 9.88 Å². The topological polar surface area (TPSA) is 92.8 Å². The van der Waals surface area contributed by atoms with Crippen molar-refractivity contribution in [2.24, 2.45) is 0 Å². The smallest absolute Gasteiger partial charge is 0.331 e. The van der Waals surface area contributed by atoms with Gasteiger partial charge >= 0.3 is 5.97 Å². The summed E-state index contributed by atoms with van der Waals surface area (Å²) in [6.45, 7) is 3.00. The molecule has 0 saturated carbocycles. The SMILES string of the molecule is CC(C)=CC(=O)OCC(=O)Nc1cccc(S(=O)(=O)N(C)c2ccccc2)c1. The van der Waals surface area contributed by atoms with E-state index in [-0.39, 0.29) is 10.6 Å². The van der Waals surface area contributed by atoms with Gasteiger partial charge in [-0.2, -0.15) is 0 Å². The van der Waals surface area contributed by atoms with E-state index in [0.29, 0.717) is 5.69 Å². The number of benzene rings is 2. The molecule has 28 heavy (non-hydrogen) atoms. The number of nitrogens with one attached hydrogen (secondary N) is 1. The number of amides is 1. The molecule has 0 spiro atoms. The fourth-order valence-electron chi connectivity index (χ4n) is 2.28. The molecule has 148 valence electrons. The molecule has 0 bridgehead atoms. The monoisotopic (exact) mass is 402 g/mol. The summed E-state index contributed by atoms with van der Waals surface area (Å²) in [5.41, 5.74) is 1.56. The number of hydrogen-bond donors (Lipinski definition) is 1. The molecule has 2 aromatic rings. The normalized spacial score (nSPS) is 10.7. The Balaban J connectivity index is 2.10. The number of hydrogen-bond acceptors (Lipinski definition) is 5. The highest BCUT2D eigenvalue weighted by Gasteiger charge is 2.21. The average Bonchev–Trinajstić information content (AvgIpc) is 2.66. The molecule has 2 aromatic carbocycles. The zero-order valence-corrected chi connectivity index (χ0v) is 16.7. The minimum Gasteiger partial charge on any atom is -0.452 e. The molecule has 0 aliphatic carbocycles. The number of para-hydroxylation sites is 1. The van der Waals surface area contributed by atoms with E-state index in [1.165, 1.54) is 31.3 Å². The third kappa shape index (κ3) is 5.68. The lowest BCUT2D eigenvalue weighted by atomic mass is 10.3. The Morgan fingerprint density at radius 1 is 1.07 bits per heavy atom. The Kier molecular flexibility index (Phi) is 6.94. The standard InChI is InChI=1S/C20H22N2O5S/c1-15(2)12-20(24)27-14-19(23)21-16-8-7-11-18(13-16)28(25,26)22(3)17-9-5-4-6-10-17/h4-13H,14H2,1-3H3,(H,21,23). The molecule has 0 fully saturated rings. The lowest BCUT2D eigenvalue weighted by molar-refractivity contribution is -0.142. The Labute approximate surface area is 164 Å². The first-order valence-corrected chi connectivity index (χ1v) is 9.89. The van der Waals surface area contributed by atoms with E-state index in [2.05, 4.69) is 5.32 Å². The van der Waals surface area contributed by atoms with Crippen molar-refractivity contribution in [2.45, 2.75) is 18.7 Å². The maximum absolute atomic E-state index is 12.8. The van der Waals surface area contributed by atoms with Gasteiger partial charge in [-0.3, -0.25) is 9.10 Å². The Morgan fingerprint density at radius 3 is 2.39 bits per heavy atom. The third-order valence-corrected chi connectivity index (χ3v) is 5.43. The predicted molar refractivity (Wildman–Crippen MR) is 107 cm³/mol. The number of sulfonamides is 1. The molecule has 8 heteroatoms. The predicted octanol–water partition coefficient (Wildman–Crippen LogP) is 2.96. The van der Waals surface area contributed by atoms with Crippen LogP contribution >= 0.6 is 0 Å². The van der Waals surface area contributed by atoms with Crippen LogP contribution in [-0.4, -0.2) is 33.9 Å². The summed E-state index contributed by atoms with van der Waals surface area (Å²) >= 11 is 0. The zero-order chi connectivity index (χ0) is 20.7. The van der Waals surface area contributed by atoms with Crippen LogP contribution in [0.25, 0.3) is 0 Å². The van der Waals surface area contributed by atoms with E-state index >= 15 is 0 Å². The molecule has 0 unspecified atom stereocenters. The molecule has 0 aliphatic heterocycles. The van der Waals surface area contributed by atoms with Crippen LogP contribution in [0.1, 0.15) is 13.8 Å². The summed E-state index contributed by atoms with van der Waals surface area (Å²) in [5.74, 6) is -1.18. The molecule has 1 N–H and O–H groups in total. The molecule has 0 aromatic heterocycles. The van der Waals surface area contributed by atoms with Gasteiger partial charge in [0.25, 0.3) is 15.9 Å². The summed E-state index contributed by atoms with van der Waals surface area (Å²) in [7, 11) is -2.34. The average molecular weight is 402 g/mol. The van der Waals surface area contributed by atoms with E-state index < -0.39 is 28.5 Å². The summed E-state index contributed by atoms with van der Waals surface area (Å²) in [6, 6.07) is 14.5. The number of carbonyl (C=O) groups excluding carboxylic acids is 2. The Hall–Kier alpha value is -3.13. The second kappa shape index (κ2) is 9.18. The fraction of sp³-hybridized carbons (Fsp3) is 0.200. The van der Waals surface area contributed by atoms with Gasteiger partial charge in [-0.15, -0.1) is 0 Å². The van der Waals surface area contributed by atoms with Crippen LogP contribution in [0.3, 0.4) is 0 Å². The molecular formula is C20H22N2O5S. The summed E-state index contributed by atoms with van der Waals surface area (Å²) in [4.78, 5) is 23.4. The van der Waals surface area contributed by atoms with Crippen molar-refractivity contribution in [1.29, 1.82) is 0 Å². The van der Waals surface area contributed by atoms with Crippen molar-refractivity contribution in [3.63, 3.8) is 0 Å². The minimum absolute atomic E-state index is 0.0261. The van der Waals surface area contributed by atoms with E-state index in [1.54, 1.807) is 50.2 Å². The first-order valence-electron chi connectivity index (χ1n) is 8.45. The van der Waals surface area contributed by atoms with Gasteiger partial charge in [-0.05, 0) is 44.2 Å². The number of allylic oxidation sites excluding steroid dienone is 1. The van der Waals surface area contributed by atoms with Crippen molar-refractivity contribution >= 4 is 33.3 Å². The van der Waals surface area contributed by atoms with Gasteiger partial charge in [0.05, 0.1) is 10.6 Å². The lowest BCUT2D eigenvalue weighted by Crippen LogP contribution is -2.26. The van der Waals surface area contributed by atoms with E-state index in [9.17, 15) is 18.0 Å². The van der Waals surface area contributed by atoms with Crippen LogP contribution in [0, 0.1) is 0 Å². The van der Waals surface area contributed by atoms with Crippen molar-refractivity contribution in [2.75, 3.05) is 23.3 Å².